The average Bonchev–Trinajstić information content (AvgIpc) is 2.28. The molecule has 0 aliphatic rings. The van der Waals surface area contributed by atoms with Crippen LogP contribution in [0.5, 0.6) is 0 Å². The fourth-order valence-corrected chi connectivity index (χ4v) is 2.43. The van der Waals surface area contributed by atoms with Crippen molar-refractivity contribution >= 4 is 10.5 Å². The highest BCUT2D eigenvalue weighted by Gasteiger charge is 2.31. The molecule has 0 amide bonds. The Balaban J connectivity index is 3.47. The van der Waals surface area contributed by atoms with Gasteiger partial charge in [0.1, 0.15) is 16.1 Å². The zero-order chi connectivity index (χ0) is 14.0. The number of hydrogen-bond donors (Lipinski definition) is 1. The molecule has 0 unspecified atom stereocenters. The van der Waals surface area contributed by atoms with Crippen molar-refractivity contribution in [1.29, 1.82) is 0 Å². The summed E-state index contributed by atoms with van der Waals surface area (Å²) in [4.78, 5) is 9.58. The van der Waals surface area contributed by atoms with Crippen molar-refractivity contribution in [3.8, 4) is 0 Å². The number of nitrogens with zero attached hydrogens (tertiary/aromatic N) is 1. The lowest BCUT2D eigenvalue weighted by molar-refractivity contribution is -0.0249. The van der Waals surface area contributed by atoms with Gasteiger partial charge in [0.05, 0.1) is 12.3 Å². The summed E-state index contributed by atoms with van der Waals surface area (Å²) in [6, 6.07) is 1.98. The molecule has 1 aromatic rings. The highest BCUT2D eigenvalue weighted by molar-refractivity contribution is 5.97. The first kappa shape index (κ1) is 15.3. The quantitative estimate of drug-likeness (QED) is 0.660. The standard InChI is InChI=1S/C13H24N2O2Si/c1-12(2,3)11-9(13(4,5)17-14)6-7-15-10(11)8-16-18/h6-7H,8,14H2,1-5,18H3. The second-order valence-electron chi connectivity index (χ2n) is 5.99. The van der Waals surface area contributed by atoms with Crippen LogP contribution >= 0.6 is 0 Å². The van der Waals surface area contributed by atoms with Crippen LogP contribution in [0.2, 0.25) is 0 Å². The molecule has 0 bridgehead atoms. The maximum Gasteiger partial charge on any atom is 0.146 e. The molecule has 0 fully saturated rings. The van der Waals surface area contributed by atoms with Crippen LogP contribution in [0, 0.1) is 0 Å². The van der Waals surface area contributed by atoms with Crippen LogP contribution in [0.15, 0.2) is 12.3 Å². The van der Waals surface area contributed by atoms with E-state index in [0.29, 0.717) is 17.1 Å². The predicted molar refractivity (Wildman–Crippen MR) is 76.0 cm³/mol. The topological polar surface area (TPSA) is 57.4 Å². The minimum absolute atomic E-state index is 0.0329. The van der Waals surface area contributed by atoms with Gasteiger partial charge >= 0.3 is 0 Å². The van der Waals surface area contributed by atoms with Gasteiger partial charge in [-0.3, -0.25) is 9.82 Å². The first-order chi connectivity index (χ1) is 8.24. The van der Waals surface area contributed by atoms with Gasteiger partial charge in [-0.1, -0.05) is 20.8 Å². The summed E-state index contributed by atoms with van der Waals surface area (Å²) in [6.07, 6.45) is 1.79. The third kappa shape index (κ3) is 3.17. The molecule has 0 aliphatic heterocycles. The number of rotatable bonds is 4. The van der Waals surface area contributed by atoms with E-state index in [-0.39, 0.29) is 5.41 Å². The third-order valence-electron chi connectivity index (χ3n) is 3.00. The lowest BCUT2D eigenvalue weighted by atomic mass is 9.78. The van der Waals surface area contributed by atoms with Crippen molar-refractivity contribution < 1.29 is 9.26 Å². The smallest absolute Gasteiger partial charge is 0.146 e. The Labute approximate surface area is 112 Å². The van der Waals surface area contributed by atoms with E-state index in [1.54, 1.807) is 6.20 Å². The Morgan fingerprint density at radius 3 is 2.33 bits per heavy atom. The third-order valence-corrected chi connectivity index (χ3v) is 3.29. The number of pyridine rings is 1. The van der Waals surface area contributed by atoms with Crippen LogP contribution < -0.4 is 5.90 Å². The van der Waals surface area contributed by atoms with Gasteiger partial charge in [0.25, 0.3) is 0 Å². The molecule has 0 atom stereocenters. The predicted octanol–water partition coefficient (Wildman–Crippen LogP) is 1.30. The maximum absolute atomic E-state index is 5.43. The Morgan fingerprint density at radius 1 is 1.28 bits per heavy atom. The summed E-state index contributed by atoms with van der Waals surface area (Å²) in [6.45, 7) is 11.0. The van der Waals surface area contributed by atoms with Crippen LogP contribution in [0.25, 0.3) is 0 Å². The average molecular weight is 268 g/mol. The van der Waals surface area contributed by atoms with Gasteiger partial charge in [0.15, 0.2) is 0 Å². The van der Waals surface area contributed by atoms with E-state index in [1.165, 1.54) is 0 Å². The molecule has 1 aromatic heterocycles. The molecule has 2 N–H and O–H groups in total. The fraction of sp³-hybridized carbons (Fsp3) is 0.615. The monoisotopic (exact) mass is 268 g/mol. The molecule has 0 spiro atoms. The molecule has 1 rings (SSSR count). The molecule has 0 saturated heterocycles. The van der Waals surface area contributed by atoms with Crippen LogP contribution in [0.3, 0.4) is 0 Å². The molecule has 0 radical (unpaired) electrons. The molecule has 102 valence electrons. The van der Waals surface area contributed by atoms with Crippen LogP contribution in [0.1, 0.15) is 51.4 Å². The minimum atomic E-state index is -0.536. The van der Waals surface area contributed by atoms with Gasteiger partial charge in [-0.15, -0.1) is 0 Å². The van der Waals surface area contributed by atoms with Gasteiger partial charge < -0.3 is 4.43 Å². The molecule has 0 aromatic carbocycles. The summed E-state index contributed by atoms with van der Waals surface area (Å²) in [7, 11) is 0.701. The maximum atomic E-state index is 5.43. The summed E-state index contributed by atoms with van der Waals surface area (Å²) >= 11 is 0. The lowest BCUT2D eigenvalue weighted by Crippen LogP contribution is -2.31. The Morgan fingerprint density at radius 2 is 1.89 bits per heavy atom. The molecule has 18 heavy (non-hydrogen) atoms. The second-order valence-corrected chi connectivity index (χ2v) is 6.57. The normalized spacial score (nSPS) is 13.0. The van der Waals surface area contributed by atoms with E-state index in [9.17, 15) is 0 Å². The fourth-order valence-electron chi connectivity index (χ4n) is 2.15. The number of aromatic nitrogens is 1. The Kier molecular flexibility index (Phi) is 4.66. The van der Waals surface area contributed by atoms with Crippen molar-refractivity contribution in [2.24, 2.45) is 5.90 Å². The molecule has 0 aliphatic carbocycles. The summed E-state index contributed by atoms with van der Waals surface area (Å²) in [5.41, 5.74) is 2.64. The highest BCUT2D eigenvalue weighted by atomic mass is 28.2. The van der Waals surface area contributed by atoms with Crippen molar-refractivity contribution in [2.45, 2.75) is 52.2 Å². The number of nitrogens with two attached hydrogens (primary N) is 1. The molecule has 5 heteroatoms. The SMILES string of the molecule is CC(C)(C)c1c(C(C)(C)ON)ccnc1CO[SiH3]. The minimum Gasteiger partial charge on any atom is -0.422 e. The van der Waals surface area contributed by atoms with Crippen molar-refractivity contribution in [3.05, 3.63) is 29.1 Å². The molecule has 4 nitrogen and oxygen atoms in total. The van der Waals surface area contributed by atoms with E-state index in [1.807, 2.05) is 19.9 Å². The lowest BCUT2D eigenvalue weighted by Gasteiger charge is -2.32. The zero-order valence-electron chi connectivity index (χ0n) is 12.2. The molecular weight excluding hydrogens is 244 g/mol. The van der Waals surface area contributed by atoms with E-state index >= 15 is 0 Å². The van der Waals surface area contributed by atoms with Gasteiger partial charge in [0, 0.05) is 6.20 Å². The first-order valence-electron chi connectivity index (χ1n) is 6.09. The van der Waals surface area contributed by atoms with E-state index in [2.05, 4.69) is 25.8 Å². The van der Waals surface area contributed by atoms with Gasteiger partial charge in [0.2, 0.25) is 0 Å². The number of hydrogen-bond acceptors (Lipinski definition) is 4. The summed E-state index contributed by atoms with van der Waals surface area (Å²) in [5.74, 6) is 5.43. The van der Waals surface area contributed by atoms with Gasteiger partial charge in [-0.2, -0.15) is 0 Å². The highest BCUT2D eigenvalue weighted by Crippen LogP contribution is 2.35. The first-order valence-corrected chi connectivity index (χ1v) is 6.91. The zero-order valence-corrected chi connectivity index (χ0v) is 14.2. The Bertz CT molecular complexity index is 414. The van der Waals surface area contributed by atoms with E-state index in [0.717, 1.165) is 16.8 Å². The molecule has 1 heterocycles. The summed E-state index contributed by atoms with van der Waals surface area (Å²) < 4.78 is 5.37. The molecular formula is C13H24N2O2Si. The van der Waals surface area contributed by atoms with Crippen molar-refractivity contribution in [2.75, 3.05) is 0 Å². The van der Waals surface area contributed by atoms with Crippen LogP contribution in [0.4, 0.5) is 0 Å². The van der Waals surface area contributed by atoms with E-state index < -0.39 is 5.60 Å². The van der Waals surface area contributed by atoms with Gasteiger partial charge in [-0.05, 0) is 36.5 Å². The van der Waals surface area contributed by atoms with E-state index in [4.69, 9.17) is 15.2 Å². The van der Waals surface area contributed by atoms with Crippen LogP contribution in [-0.2, 0) is 26.9 Å². The van der Waals surface area contributed by atoms with Crippen molar-refractivity contribution in [1.82, 2.24) is 4.98 Å². The summed E-state index contributed by atoms with van der Waals surface area (Å²) in [5, 5.41) is 0. The molecule has 0 saturated carbocycles. The van der Waals surface area contributed by atoms with Crippen molar-refractivity contribution in [3.63, 3.8) is 0 Å². The van der Waals surface area contributed by atoms with Gasteiger partial charge in [-0.25, -0.2) is 5.90 Å². The van der Waals surface area contributed by atoms with Crippen LogP contribution in [-0.4, -0.2) is 15.5 Å². The Hall–Kier alpha value is -0.753. The largest absolute Gasteiger partial charge is 0.422 e. The second kappa shape index (κ2) is 5.48.